The summed E-state index contributed by atoms with van der Waals surface area (Å²) >= 11 is 0. The maximum atomic E-state index is 6.08. The van der Waals surface area contributed by atoms with Gasteiger partial charge in [0, 0.05) is 11.1 Å². The van der Waals surface area contributed by atoms with Crippen molar-refractivity contribution in [3.8, 4) is 34.0 Å². The van der Waals surface area contributed by atoms with Crippen molar-refractivity contribution in [2.75, 3.05) is 13.2 Å². The van der Waals surface area contributed by atoms with Crippen LogP contribution in [0.2, 0.25) is 0 Å². The summed E-state index contributed by atoms with van der Waals surface area (Å²) in [5, 5.41) is 0. The summed E-state index contributed by atoms with van der Waals surface area (Å²) in [7, 11) is 0. The molecule has 0 aliphatic carbocycles. The van der Waals surface area contributed by atoms with Gasteiger partial charge in [0.15, 0.2) is 0 Å². The van der Waals surface area contributed by atoms with E-state index < -0.39 is 0 Å². The minimum atomic E-state index is 0.763. The quantitative estimate of drug-likeness (QED) is 0.0955. The molecule has 236 valence electrons. The first-order valence-electron chi connectivity index (χ1n) is 17.5. The van der Waals surface area contributed by atoms with Gasteiger partial charge in [-0.1, -0.05) is 104 Å². The van der Waals surface area contributed by atoms with Gasteiger partial charge in [0.25, 0.3) is 0 Å². The van der Waals surface area contributed by atoms with Crippen LogP contribution < -0.4 is 9.47 Å². The fraction of sp³-hybridized carbons (Fsp3) is 0.500. The molecule has 0 aliphatic heterocycles. The lowest BCUT2D eigenvalue weighted by atomic mass is 10.00. The monoisotopic (exact) mass is 594 g/mol. The number of hydrogen-bond acceptors (Lipinski definition) is 4. The van der Waals surface area contributed by atoms with E-state index in [0.717, 1.165) is 83.9 Å². The Morgan fingerprint density at radius 2 is 0.795 bits per heavy atom. The van der Waals surface area contributed by atoms with Crippen LogP contribution in [-0.4, -0.2) is 23.2 Å². The summed E-state index contributed by atoms with van der Waals surface area (Å²) in [6.45, 7) is 10.4. The second-order valence-electron chi connectivity index (χ2n) is 12.0. The maximum Gasteiger partial charge on any atom is 0.119 e. The highest BCUT2D eigenvalue weighted by Gasteiger charge is 2.17. The molecular weight excluding hydrogens is 540 g/mol. The molecule has 4 heteroatoms. The van der Waals surface area contributed by atoms with Gasteiger partial charge in [-0.2, -0.15) is 0 Å². The zero-order valence-electron chi connectivity index (χ0n) is 27.8. The first kappa shape index (κ1) is 33.5. The van der Waals surface area contributed by atoms with Gasteiger partial charge in [0.1, 0.15) is 11.5 Å². The van der Waals surface area contributed by atoms with Gasteiger partial charge in [-0.15, -0.1) is 0 Å². The van der Waals surface area contributed by atoms with E-state index in [1.165, 1.54) is 75.3 Å². The van der Waals surface area contributed by atoms with Crippen LogP contribution in [0.15, 0.2) is 60.7 Å². The first-order valence-corrected chi connectivity index (χ1v) is 17.5. The molecule has 4 aromatic rings. The minimum Gasteiger partial charge on any atom is -0.494 e. The molecule has 0 fully saturated rings. The van der Waals surface area contributed by atoms with Crippen molar-refractivity contribution in [1.29, 1.82) is 0 Å². The molecule has 0 bridgehead atoms. The normalized spacial score (nSPS) is 11.3. The number of aromatic nitrogens is 2. The van der Waals surface area contributed by atoms with Crippen LogP contribution in [0.4, 0.5) is 0 Å². The van der Waals surface area contributed by atoms with E-state index in [2.05, 4.69) is 88.4 Å². The maximum absolute atomic E-state index is 6.08. The van der Waals surface area contributed by atoms with Crippen molar-refractivity contribution < 1.29 is 9.47 Å². The average molecular weight is 595 g/mol. The zero-order valence-corrected chi connectivity index (χ0v) is 27.8. The molecule has 0 aliphatic rings. The van der Waals surface area contributed by atoms with Crippen LogP contribution in [0.25, 0.3) is 33.5 Å². The van der Waals surface area contributed by atoms with Gasteiger partial charge in [-0.05, 0) is 85.3 Å². The number of ether oxygens (including phenoxy) is 2. The van der Waals surface area contributed by atoms with Gasteiger partial charge in [-0.3, -0.25) is 0 Å². The van der Waals surface area contributed by atoms with Crippen molar-refractivity contribution in [3.05, 3.63) is 71.8 Å². The molecular formula is C40H54N2O2. The van der Waals surface area contributed by atoms with E-state index in [-0.39, 0.29) is 0 Å². The highest BCUT2D eigenvalue weighted by molar-refractivity contribution is 5.89. The van der Waals surface area contributed by atoms with E-state index in [1.807, 2.05) is 0 Å². The fourth-order valence-electron chi connectivity index (χ4n) is 5.78. The van der Waals surface area contributed by atoms with Crippen LogP contribution in [0, 0.1) is 0 Å². The summed E-state index contributed by atoms with van der Waals surface area (Å²) in [6.07, 6.45) is 17.0. The standard InChI is InChI=1S/C40H54N2O2/c1-5-9-11-13-15-17-29-43-35-25-21-33(22-26-35)39-40(42-38-32(8-4)20-19-31(7-3)37(38)41-39)34-23-27-36(28-24-34)44-30-18-16-14-12-10-6-2/h19-28H,5-18,29-30H2,1-4H3. The minimum absolute atomic E-state index is 0.763. The number of hydrogen-bond donors (Lipinski definition) is 0. The van der Waals surface area contributed by atoms with Gasteiger partial charge in [-0.25, -0.2) is 9.97 Å². The molecule has 4 nitrogen and oxygen atoms in total. The summed E-state index contributed by atoms with van der Waals surface area (Å²) < 4.78 is 12.2. The van der Waals surface area contributed by atoms with Gasteiger partial charge < -0.3 is 9.47 Å². The summed E-state index contributed by atoms with van der Waals surface area (Å²) in [6, 6.07) is 21.2. The Bertz CT molecular complexity index is 1290. The summed E-state index contributed by atoms with van der Waals surface area (Å²) in [5.74, 6) is 1.82. The molecule has 0 unspecified atom stereocenters. The Morgan fingerprint density at radius 1 is 0.432 bits per heavy atom. The largest absolute Gasteiger partial charge is 0.494 e. The highest BCUT2D eigenvalue weighted by atomic mass is 16.5. The third kappa shape index (κ3) is 9.55. The molecule has 1 heterocycles. The van der Waals surface area contributed by atoms with Crippen molar-refractivity contribution in [3.63, 3.8) is 0 Å². The lowest BCUT2D eigenvalue weighted by molar-refractivity contribution is 0.304. The predicted molar refractivity (Wildman–Crippen MR) is 187 cm³/mol. The fourth-order valence-corrected chi connectivity index (χ4v) is 5.78. The van der Waals surface area contributed by atoms with Crippen molar-refractivity contribution >= 4 is 11.0 Å². The van der Waals surface area contributed by atoms with Crippen LogP contribution in [0.1, 0.15) is 116 Å². The number of unbranched alkanes of at least 4 members (excludes halogenated alkanes) is 10. The molecule has 0 spiro atoms. The van der Waals surface area contributed by atoms with Gasteiger partial charge in [0.2, 0.25) is 0 Å². The zero-order chi connectivity index (χ0) is 31.0. The van der Waals surface area contributed by atoms with Gasteiger partial charge >= 0.3 is 0 Å². The third-order valence-electron chi connectivity index (χ3n) is 8.54. The molecule has 44 heavy (non-hydrogen) atoms. The lowest BCUT2D eigenvalue weighted by Gasteiger charge is -2.15. The number of rotatable bonds is 20. The van der Waals surface area contributed by atoms with E-state index in [9.17, 15) is 0 Å². The Kier molecular flexibility index (Phi) is 14.0. The topological polar surface area (TPSA) is 44.2 Å². The van der Waals surface area contributed by atoms with Crippen LogP contribution in [0.5, 0.6) is 11.5 Å². The average Bonchev–Trinajstić information content (AvgIpc) is 3.07. The van der Waals surface area contributed by atoms with Crippen molar-refractivity contribution in [2.24, 2.45) is 0 Å². The first-order chi connectivity index (χ1) is 21.7. The van der Waals surface area contributed by atoms with E-state index in [4.69, 9.17) is 19.4 Å². The van der Waals surface area contributed by atoms with Crippen molar-refractivity contribution in [1.82, 2.24) is 9.97 Å². The second kappa shape index (κ2) is 18.4. The molecule has 0 atom stereocenters. The molecule has 0 amide bonds. The summed E-state index contributed by atoms with van der Waals surface area (Å²) in [5.41, 5.74) is 8.39. The number of fused-ring (bicyclic) bond motifs is 1. The molecule has 4 rings (SSSR count). The molecule has 0 saturated carbocycles. The Hall–Kier alpha value is -3.40. The van der Waals surface area contributed by atoms with Crippen LogP contribution in [-0.2, 0) is 12.8 Å². The number of benzene rings is 3. The van der Waals surface area contributed by atoms with E-state index in [1.54, 1.807) is 0 Å². The smallest absolute Gasteiger partial charge is 0.119 e. The number of aryl methyl sites for hydroxylation is 2. The second-order valence-corrected chi connectivity index (χ2v) is 12.0. The Morgan fingerprint density at radius 3 is 1.16 bits per heavy atom. The van der Waals surface area contributed by atoms with E-state index in [0.29, 0.717) is 0 Å². The SMILES string of the molecule is CCCCCCCCOc1ccc(-c2nc3c(CC)ccc(CC)c3nc2-c2ccc(OCCCCCCCC)cc2)cc1. The lowest BCUT2D eigenvalue weighted by Crippen LogP contribution is -2.01. The van der Waals surface area contributed by atoms with Crippen LogP contribution >= 0.6 is 0 Å². The molecule has 0 saturated heterocycles. The van der Waals surface area contributed by atoms with Crippen LogP contribution in [0.3, 0.4) is 0 Å². The summed E-state index contributed by atoms with van der Waals surface area (Å²) in [4.78, 5) is 10.6. The Labute approximate surface area is 266 Å². The van der Waals surface area contributed by atoms with E-state index >= 15 is 0 Å². The van der Waals surface area contributed by atoms with Crippen molar-refractivity contribution in [2.45, 2.75) is 118 Å². The van der Waals surface area contributed by atoms with Gasteiger partial charge in [0.05, 0.1) is 35.6 Å². The highest BCUT2D eigenvalue weighted by Crippen LogP contribution is 2.35. The molecule has 1 aromatic heterocycles. The number of nitrogens with zero attached hydrogens (tertiary/aromatic N) is 2. The molecule has 0 radical (unpaired) electrons. The molecule has 3 aromatic carbocycles. The Balaban J connectivity index is 1.54. The molecule has 0 N–H and O–H groups in total. The third-order valence-corrected chi connectivity index (χ3v) is 8.54. The predicted octanol–water partition coefficient (Wildman–Crippen LogP) is 11.6.